The van der Waals surface area contributed by atoms with Crippen LogP contribution in [0.2, 0.25) is 0 Å². The first kappa shape index (κ1) is 30.7. The summed E-state index contributed by atoms with van der Waals surface area (Å²) in [6.07, 6.45) is 0.853. The van der Waals surface area contributed by atoms with Crippen LogP contribution in [-0.4, -0.2) is 63.8 Å². The highest BCUT2D eigenvalue weighted by molar-refractivity contribution is 7.80. The van der Waals surface area contributed by atoms with Gasteiger partial charge in [0, 0.05) is 12.2 Å². The fourth-order valence-electron chi connectivity index (χ4n) is 3.72. The fraction of sp³-hybridized carbons (Fsp3) is 0.407. The molecule has 0 aliphatic rings. The number of aliphatic carboxylic acids is 1. The van der Waals surface area contributed by atoms with E-state index in [0.717, 1.165) is 5.56 Å². The molecule has 3 amide bonds. The second-order valence-corrected chi connectivity index (χ2v) is 9.55. The zero-order valence-electron chi connectivity index (χ0n) is 21.5. The van der Waals surface area contributed by atoms with Crippen molar-refractivity contribution in [1.82, 2.24) is 16.0 Å². The lowest BCUT2D eigenvalue weighted by Crippen LogP contribution is -2.59. The molecule has 0 heterocycles. The second-order valence-electron chi connectivity index (χ2n) is 9.18. The lowest BCUT2D eigenvalue weighted by Gasteiger charge is -2.28. The van der Waals surface area contributed by atoms with Crippen LogP contribution in [0.1, 0.15) is 31.4 Å². The van der Waals surface area contributed by atoms with Gasteiger partial charge in [0.15, 0.2) is 0 Å². The Morgan fingerprint density at radius 1 is 0.842 bits per heavy atom. The Balaban J connectivity index is 2.24. The molecule has 2 rings (SSSR count). The molecule has 5 unspecified atom stereocenters. The Labute approximate surface area is 227 Å². The van der Waals surface area contributed by atoms with Crippen molar-refractivity contribution in [2.75, 3.05) is 5.75 Å². The van der Waals surface area contributed by atoms with Crippen molar-refractivity contribution in [1.29, 1.82) is 0 Å². The van der Waals surface area contributed by atoms with Gasteiger partial charge in [0.25, 0.3) is 0 Å². The molecule has 38 heavy (non-hydrogen) atoms. The summed E-state index contributed by atoms with van der Waals surface area (Å²) < 4.78 is 0. The van der Waals surface area contributed by atoms with Crippen LogP contribution < -0.4 is 21.7 Å². The summed E-state index contributed by atoms with van der Waals surface area (Å²) in [7, 11) is 0. The summed E-state index contributed by atoms with van der Waals surface area (Å²) in [5, 5.41) is 26.7. The van der Waals surface area contributed by atoms with Crippen LogP contribution in [0.25, 0.3) is 0 Å². The number of carboxylic acid groups (broad SMARTS) is 1. The van der Waals surface area contributed by atoms with E-state index in [1.165, 1.54) is 12.1 Å². The van der Waals surface area contributed by atoms with Crippen LogP contribution in [0.3, 0.4) is 0 Å². The number of nitrogens with one attached hydrogen (secondary N) is 3. The third kappa shape index (κ3) is 9.38. The quantitative estimate of drug-likeness (QED) is 0.174. The predicted octanol–water partition coefficient (Wildman–Crippen LogP) is 1.02. The molecule has 10 nitrogen and oxygen atoms in total. The van der Waals surface area contributed by atoms with Crippen LogP contribution in [0, 0.1) is 5.92 Å². The lowest BCUT2D eigenvalue weighted by atomic mass is 9.96. The molecule has 0 spiro atoms. The number of thiol groups is 1. The average molecular weight is 545 g/mol. The first-order valence-electron chi connectivity index (χ1n) is 12.4. The first-order chi connectivity index (χ1) is 18.0. The summed E-state index contributed by atoms with van der Waals surface area (Å²) in [6, 6.07) is 11.1. The number of benzene rings is 2. The average Bonchev–Trinajstić information content (AvgIpc) is 2.90. The van der Waals surface area contributed by atoms with Gasteiger partial charge >= 0.3 is 5.97 Å². The fourth-order valence-corrected chi connectivity index (χ4v) is 3.97. The number of amides is 3. The van der Waals surface area contributed by atoms with Crippen molar-refractivity contribution in [3.05, 3.63) is 65.7 Å². The van der Waals surface area contributed by atoms with Crippen molar-refractivity contribution in [2.45, 2.75) is 57.3 Å². The highest BCUT2D eigenvalue weighted by Crippen LogP contribution is 2.14. The van der Waals surface area contributed by atoms with Gasteiger partial charge in [0.1, 0.15) is 23.9 Å². The van der Waals surface area contributed by atoms with Crippen LogP contribution in [0.15, 0.2) is 54.6 Å². The van der Waals surface area contributed by atoms with Gasteiger partial charge < -0.3 is 31.9 Å². The first-order valence-corrected chi connectivity index (χ1v) is 13.0. The molecule has 0 aliphatic heterocycles. The molecule has 0 bridgehead atoms. The maximum atomic E-state index is 13.4. The maximum Gasteiger partial charge on any atom is 0.327 e. The molecule has 0 saturated heterocycles. The molecule has 0 aromatic heterocycles. The standard InChI is InChI=1S/C27H36N4O6S/c1-3-16(2)23(26(35)30-22(15-38)27(36)37)31-25(34)21(14-18-9-11-19(32)12-10-18)29-24(33)20(28)13-17-7-5-4-6-8-17/h4-12,16,20-23,32,38H,3,13-15,28H2,1-2H3,(H,29,33)(H,30,35)(H,31,34)(H,36,37). The second kappa shape index (κ2) is 15.0. The highest BCUT2D eigenvalue weighted by Gasteiger charge is 2.32. The Hall–Kier alpha value is -3.57. The van der Waals surface area contributed by atoms with Crippen molar-refractivity contribution in [3.63, 3.8) is 0 Å². The minimum absolute atomic E-state index is 0.0503. The molecular formula is C27H36N4O6S. The molecular weight excluding hydrogens is 508 g/mol. The van der Waals surface area contributed by atoms with E-state index in [2.05, 4.69) is 28.6 Å². The van der Waals surface area contributed by atoms with Crippen molar-refractivity contribution in [3.8, 4) is 5.75 Å². The number of carbonyl (C=O) groups is 4. The van der Waals surface area contributed by atoms with E-state index in [9.17, 15) is 29.4 Å². The van der Waals surface area contributed by atoms with E-state index >= 15 is 0 Å². The predicted molar refractivity (Wildman–Crippen MR) is 147 cm³/mol. The molecule has 0 aliphatic carbocycles. The maximum absolute atomic E-state index is 13.4. The van der Waals surface area contributed by atoms with Gasteiger partial charge in [-0.25, -0.2) is 4.79 Å². The molecule has 11 heteroatoms. The number of carboxylic acids is 1. The smallest absolute Gasteiger partial charge is 0.327 e. The third-order valence-electron chi connectivity index (χ3n) is 6.23. The number of rotatable bonds is 14. The molecule has 5 atom stereocenters. The number of hydrogen-bond donors (Lipinski definition) is 7. The van der Waals surface area contributed by atoms with Gasteiger partial charge in [-0.1, -0.05) is 62.7 Å². The van der Waals surface area contributed by atoms with Crippen LogP contribution >= 0.6 is 12.6 Å². The van der Waals surface area contributed by atoms with Gasteiger partial charge in [-0.15, -0.1) is 0 Å². The van der Waals surface area contributed by atoms with E-state index in [4.69, 9.17) is 5.73 Å². The number of phenolic OH excluding ortho intramolecular Hbond substituents is 1. The topological polar surface area (TPSA) is 171 Å². The minimum Gasteiger partial charge on any atom is -0.508 e. The third-order valence-corrected chi connectivity index (χ3v) is 6.60. The van der Waals surface area contributed by atoms with Crippen molar-refractivity contribution < 1.29 is 29.4 Å². The summed E-state index contributed by atoms with van der Waals surface area (Å²) in [6.45, 7) is 3.59. The molecule has 0 radical (unpaired) electrons. The molecule has 0 saturated carbocycles. The van der Waals surface area contributed by atoms with Gasteiger partial charge in [-0.05, 0) is 35.6 Å². The Morgan fingerprint density at radius 2 is 1.42 bits per heavy atom. The SMILES string of the molecule is CCC(C)C(NC(=O)C(Cc1ccc(O)cc1)NC(=O)C(N)Cc1ccccc1)C(=O)NC(CS)C(=O)O. The van der Waals surface area contributed by atoms with Gasteiger partial charge in [-0.2, -0.15) is 12.6 Å². The number of phenols is 1. The van der Waals surface area contributed by atoms with E-state index < -0.39 is 47.9 Å². The van der Waals surface area contributed by atoms with Gasteiger partial charge in [-0.3, -0.25) is 14.4 Å². The summed E-state index contributed by atoms with van der Waals surface area (Å²) in [5.41, 5.74) is 7.64. The summed E-state index contributed by atoms with van der Waals surface area (Å²) in [4.78, 5) is 50.7. The van der Waals surface area contributed by atoms with Crippen LogP contribution in [0.4, 0.5) is 0 Å². The van der Waals surface area contributed by atoms with Crippen molar-refractivity contribution >= 4 is 36.3 Å². The Morgan fingerprint density at radius 3 is 1.97 bits per heavy atom. The van der Waals surface area contributed by atoms with Crippen LogP contribution in [-0.2, 0) is 32.0 Å². The number of hydrogen-bond acceptors (Lipinski definition) is 7. The molecule has 7 N–H and O–H groups in total. The number of nitrogens with two attached hydrogens (primary N) is 1. The van der Waals surface area contributed by atoms with Crippen LogP contribution in [0.5, 0.6) is 5.75 Å². The van der Waals surface area contributed by atoms with Gasteiger partial charge in [0.05, 0.1) is 6.04 Å². The number of aromatic hydroxyl groups is 1. The molecule has 2 aromatic rings. The van der Waals surface area contributed by atoms with E-state index in [-0.39, 0.29) is 30.3 Å². The molecule has 206 valence electrons. The molecule has 0 fully saturated rings. The van der Waals surface area contributed by atoms with E-state index in [1.54, 1.807) is 19.1 Å². The van der Waals surface area contributed by atoms with Crippen molar-refractivity contribution in [2.24, 2.45) is 11.7 Å². The normalized spacial score (nSPS) is 14.8. The monoisotopic (exact) mass is 544 g/mol. The Kier molecular flexibility index (Phi) is 12.1. The molecule has 2 aromatic carbocycles. The number of carbonyl (C=O) groups excluding carboxylic acids is 3. The zero-order chi connectivity index (χ0) is 28.2. The van der Waals surface area contributed by atoms with E-state index in [1.807, 2.05) is 37.3 Å². The zero-order valence-corrected chi connectivity index (χ0v) is 22.4. The van der Waals surface area contributed by atoms with E-state index in [0.29, 0.717) is 12.0 Å². The largest absolute Gasteiger partial charge is 0.508 e. The minimum atomic E-state index is -1.24. The van der Waals surface area contributed by atoms with Gasteiger partial charge in [0.2, 0.25) is 17.7 Å². The summed E-state index contributed by atoms with van der Waals surface area (Å²) in [5.74, 6) is -3.49. The Bertz CT molecular complexity index is 1080. The highest BCUT2D eigenvalue weighted by atomic mass is 32.1. The summed E-state index contributed by atoms with van der Waals surface area (Å²) >= 11 is 3.97. The lowest BCUT2D eigenvalue weighted by molar-refractivity contribution is -0.142.